The Morgan fingerprint density at radius 2 is 1.82 bits per heavy atom. The van der Waals surface area contributed by atoms with Gasteiger partial charge in [-0.1, -0.05) is 29.8 Å². The molecule has 0 saturated carbocycles. The first-order chi connectivity index (χ1) is 15.9. The number of fused-ring (bicyclic) bond motifs is 2. The van der Waals surface area contributed by atoms with Crippen molar-refractivity contribution in [3.8, 4) is 5.75 Å². The van der Waals surface area contributed by atoms with Crippen LogP contribution in [-0.2, 0) is 21.7 Å². The molecular formula is C25H30ClFO7. The lowest BCUT2D eigenvalue weighted by atomic mass is 9.75. The van der Waals surface area contributed by atoms with Gasteiger partial charge >= 0.3 is 0 Å². The predicted octanol–water partition coefficient (Wildman–Crippen LogP) is 2.47. The van der Waals surface area contributed by atoms with Crippen LogP contribution in [0.25, 0.3) is 0 Å². The molecule has 0 amide bonds. The lowest BCUT2D eigenvalue weighted by Gasteiger charge is -2.50. The van der Waals surface area contributed by atoms with Gasteiger partial charge in [-0.25, -0.2) is 4.39 Å². The molecule has 4 rings (SSSR count). The average Bonchev–Trinajstić information content (AvgIpc) is 3.18. The van der Waals surface area contributed by atoms with E-state index in [1.54, 1.807) is 30.3 Å². The second-order valence-electron chi connectivity index (χ2n) is 9.61. The van der Waals surface area contributed by atoms with Gasteiger partial charge < -0.3 is 34.6 Å². The molecule has 0 aromatic heterocycles. The highest BCUT2D eigenvalue weighted by molar-refractivity contribution is 6.31. The van der Waals surface area contributed by atoms with Crippen LogP contribution in [-0.4, -0.2) is 69.3 Å². The van der Waals surface area contributed by atoms with E-state index < -0.39 is 41.5 Å². The third-order valence-corrected chi connectivity index (χ3v) is 7.00. The summed E-state index contributed by atoms with van der Waals surface area (Å²) >= 11 is 6.45. The van der Waals surface area contributed by atoms with Crippen LogP contribution >= 0.6 is 11.6 Å². The molecule has 0 spiro atoms. The predicted molar refractivity (Wildman–Crippen MR) is 123 cm³/mol. The van der Waals surface area contributed by atoms with Gasteiger partial charge in [-0.3, -0.25) is 0 Å². The maximum atomic E-state index is 13.0. The molecule has 7 nitrogen and oxygen atoms in total. The summed E-state index contributed by atoms with van der Waals surface area (Å²) in [5.74, 6) is -1.24. The molecule has 2 aromatic rings. The van der Waals surface area contributed by atoms with E-state index in [0.717, 1.165) is 5.56 Å². The van der Waals surface area contributed by atoms with Crippen molar-refractivity contribution in [3.63, 3.8) is 0 Å². The summed E-state index contributed by atoms with van der Waals surface area (Å²) in [5.41, 5.74) is -1.20. The van der Waals surface area contributed by atoms with Gasteiger partial charge in [-0.05, 0) is 62.6 Å². The van der Waals surface area contributed by atoms with Crippen molar-refractivity contribution in [1.82, 2.24) is 0 Å². The summed E-state index contributed by atoms with van der Waals surface area (Å²) in [4.78, 5) is 0. The number of hydrogen-bond donors (Lipinski definition) is 4. The molecule has 0 aliphatic carbocycles. The van der Waals surface area contributed by atoms with Crippen LogP contribution in [0.2, 0.25) is 5.02 Å². The minimum atomic E-state index is -1.79. The largest absolute Gasteiger partial charge is 0.491 e. The SMILES string of the molecule is CC(F)COc1ccc(Cc2cc([C@]34OC[C@](C(C)(C)O)(O3)[C@@H](O)[C@H](O)[C@H]4O)ccc2Cl)cc1. The Morgan fingerprint density at radius 1 is 1.15 bits per heavy atom. The molecule has 34 heavy (non-hydrogen) atoms. The summed E-state index contributed by atoms with van der Waals surface area (Å²) in [7, 11) is 0. The molecular weight excluding hydrogens is 467 g/mol. The van der Waals surface area contributed by atoms with Gasteiger partial charge in [0.25, 0.3) is 0 Å². The fourth-order valence-corrected chi connectivity index (χ4v) is 4.73. The van der Waals surface area contributed by atoms with Crippen molar-refractivity contribution in [2.24, 2.45) is 0 Å². The van der Waals surface area contributed by atoms with Crippen LogP contribution in [0.1, 0.15) is 37.5 Å². The third-order valence-electron chi connectivity index (χ3n) is 6.63. The summed E-state index contributed by atoms with van der Waals surface area (Å²) in [6.45, 7) is 4.08. The quantitative estimate of drug-likeness (QED) is 0.466. The number of alkyl halides is 1. The smallest absolute Gasteiger partial charge is 0.225 e. The van der Waals surface area contributed by atoms with Crippen molar-refractivity contribution in [1.29, 1.82) is 0 Å². The summed E-state index contributed by atoms with van der Waals surface area (Å²) in [6, 6.07) is 12.2. The van der Waals surface area contributed by atoms with Crippen molar-refractivity contribution in [3.05, 3.63) is 64.2 Å². The fourth-order valence-electron chi connectivity index (χ4n) is 4.55. The number of benzene rings is 2. The van der Waals surface area contributed by atoms with Gasteiger partial charge in [0.15, 0.2) is 5.60 Å². The Kier molecular flexibility index (Phi) is 6.72. The Labute approximate surface area is 202 Å². The second kappa shape index (κ2) is 9.02. The van der Waals surface area contributed by atoms with Gasteiger partial charge in [-0.2, -0.15) is 0 Å². The van der Waals surface area contributed by atoms with E-state index in [1.807, 2.05) is 12.1 Å². The molecule has 1 unspecified atom stereocenters. The van der Waals surface area contributed by atoms with E-state index in [0.29, 0.717) is 28.3 Å². The van der Waals surface area contributed by atoms with Crippen LogP contribution in [0.15, 0.2) is 42.5 Å². The van der Waals surface area contributed by atoms with Gasteiger partial charge in [-0.15, -0.1) is 0 Å². The van der Waals surface area contributed by atoms with Crippen LogP contribution in [0.4, 0.5) is 4.39 Å². The van der Waals surface area contributed by atoms with Gasteiger partial charge in [0, 0.05) is 10.6 Å². The lowest BCUT2D eigenvalue weighted by Crippen LogP contribution is -2.70. The van der Waals surface area contributed by atoms with Crippen molar-refractivity contribution in [2.45, 2.75) is 68.7 Å². The number of aliphatic hydroxyl groups excluding tert-OH is 3. The molecule has 2 aliphatic heterocycles. The first-order valence-corrected chi connectivity index (χ1v) is 11.5. The first kappa shape index (κ1) is 25.3. The van der Waals surface area contributed by atoms with Gasteiger partial charge in [0.2, 0.25) is 5.79 Å². The van der Waals surface area contributed by atoms with E-state index >= 15 is 0 Å². The highest BCUT2D eigenvalue weighted by atomic mass is 35.5. The van der Waals surface area contributed by atoms with Crippen molar-refractivity contribution >= 4 is 11.6 Å². The maximum Gasteiger partial charge on any atom is 0.225 e. The van der Waals surface area contributed by atoms with E-state index in [1.165, 1.54) is 20.8 Å². The summed E-state index contributed by atoms with van der Waals surface area (Å²) < 4.78 is 30.4. The highest BCUT2D eigenvalue weighted by Crippen LogP contribution is 2.53. The Bertz CT molecular complexity index is 1020. The van der Waals surface area contributed by atoms with Gasteiger partial charge in [0.1, 0.15) is 36.8 Å². The molecule has 4 N–H and O–H groups in total. The molecule has 186 valence electrons. The maximum absolute atomic E-state index is 13.0. The minimum absolute atomic E-state index is 0.0235. The van der Waals surface area contributed by atoms with Crippen LogP contribution in [0, 0.1) is 0 Å². The normalized spacial score (nSPS) is 32.0. The number of aliphatic hydroxyl groups is 4. The third kappa shape index (κ3) is 4.22. The van der Waals surface area contributed by atoms with Crippen molar-refractivity contribution in [2.75, 3.05) is 13.2 Å². The molecule has 2 aliphatic rings. The van der Waals surface area contributed by atoms with Crippen molar-refractivity contribution < 1.29 is 39.0 Å². The van der Waals surface area contributed by atoms with E-state index in [9.17, 15) is 24.8 Å². The number of rotatable bonds is 7. The van der Waals surface area contributed by atoms with E-state index in [2.05, 4.69) is 0 Å². The van der Waals surface area contributed by atoms with E-state index in [-0.39, 0.29) is 13.2 Å². The topological polar surface area (TPSA) is 109 Å². The Hall–Kier alpha value is -1.78. The number of halogens is 2. The van der Waals surface area contributed by atoms with E-state index in [4.69, 9.17) is 25.8 Å². The second-order valence-corrected chi connectivity index (χ2v) is 10.0. The standard InChI is InChI=1S/C25H30ClFO7/c1-14(27)12-32-18-7-4-15(5-8-18)10-16-11-17(6-9-19(16)26)25-22(30)20(28)21(29)24(34-25,13-33-25)23(2,3)31/h4-9,11,14,20-22,28-31H,10,12-13H2,1-3H3/t14?,20-,21-,22+,24-,25-/m0/s1. The summed E-state index contributed by atoms with van der Waals surface area (Å²) in [5, 5.41) is 43.3. The molecule has 2 heterocycles. The lowest BCUT2D eigenvalue weighted by molar-refractivity contribution is -0.348. The average molecular weight is 497 g/mol. The summed E-state index contributed by atoms with van der Waals surface area (Å²) in [6.07, 6.45) is -5.41. The molecule has 0 radical (unpaired) electrons. The minimum Gasteiger partial charge on any atom is -0.491 e. The van der Waals surface area contributed by atoms with Crippen LogP contribution < -0.4 is 4.74 Å². The zero-order valence-corrected chi connectivity index (χ0v) is 20.0. The molecule has 2 aromatic carbocycles. The monoisotopic (exact) mass is 496 g/mol. The zero-order valence-electron chi connectivity index (χ0n) is 19.2. The first-order valence-electron chi connectivity index (χ1n) is 11.1. The van der Waals surface area contributed by atoms with Crippen LogP contribution in [0.5, 0.6) is 5.75 Å². The fraction of sp³-hybridized carbons (Fsp3) is 0.520. The highest BCUT2D eigenvalue weighted by Gasteiger charge is 2.71. The Balaban J connectivity index is 1.63. The molecule has 2 saturated heterocycles. The van der Waals surface area contributed by atoms with Crippen LogP contribution in [0.3, 0.4) is 0 Å². The zero-order chi connectivity index (χ0) is 24.9. The number of hydrogen-bond acceptors (Lipinski definition) is 7. The Morgan fingerprint density at radius 3 is 2.44 bits per heavy atom. The molecule has 2 bridgehead atoms. The number of ether oxygens (including phenoxy) is 3. The molecule has 2 fully saturated rings. The molecule has 6 atom stereocenters. The molecule has 9 heteroatoms. The van der Waals surface area contributed by atoms with Gasteiger partial charge in [0.05, 0.1) is 12.2 Å².